The Balaban J connectivity index is 1.73. The van der Waals surface area contributed by atoms with E-state index in [1.165, 1.54) is 11.8 Å². The van der Waals surface area contributed by atoms with Gasteiger partial charge in [-0.1, -0.05) is 49.3 Å². The molecule has 0 radical (unpaired) electrons. The zero-order chi connectivity index (χ0) is 15.9. The summed E-state index contributed by atoms with van der Waals surface area (Å²) in [6, 6.07) is 9.47. The van der Waals surface area contributed by atoms with Crippen LogP contribution in [0.25, 0.3) is 0 Å². The van der Waals surface area contributed by atoms with Gasteiger partial charge in [-0.25, -0.2) is 0 Å². The van der Waals surface area contributed by atoms with E-state index in [1.807, 2.05) is 44.2 Å². The Hall–Kier alpha value is -1.86. The van der Waals surface area contributed by atoms with E-state index in [-0.39, 0.29) is 23.6 Å². The van der Waals surface area contributed by atoms with Crippen LogP contribution in [0.4, 0.5) is 6.01 Å². The number of carbonyl (C=O) groups is 1. The summed E-state index contributed by atoms with van der Waals surface area (Å²) in [6.45, 7) is 3.86. The fourth-order valence-corrected chi connectivity index (χ4v) is 2.50. The summed E-state index contributed by atoms with van der Waals surface area (Å²) in [5, 5.41) is 20.1. The third kappa shape index (κ3) is 4.85. The second kappa shape index (κ2) is 7.95. The minimum Gasteiger partial charge on any atom is -0.408 e. The third-order valence-corrected chi connectivity index (χ3v) is 3.89. The van der Waals surface area contributed by atoms with Crippen molar-refractivity contribution >= 4 is 23.7 Å². The van der Waals surface area contributed by atoms with Gasteiger partial charge in [0.25, 0.3) is 0 Å². The smallest absolute Gasteiger partial charge is 0.322 e. The number of benzene rings is 1. The summed E-state index contributed by atoms with van der Waals surface area (Å²) in [6.07, 6.45) is -0.588. The zero-order valence-electron chi connectivity index (χ0n) is 12.5. The van der Waals surface area contributed by atoms with Gasteiger partial charge < -0.3 is 9.52 Å². The van der Waals surface area contributed by atoms with Crippen LogP contribution >= 0.6 is 11.8 Å². The number of nitrogens with one attached hydrogen (secondary N) is 1. The Bertz CT molecular complexity index is 601. The van der Waals surface area contributed by atoms with Crippen molar-refractivity contribution in [2.45, 2.75) is 25.9 Å². The van der Waals surface area contributed by atoms with Gasteiger partial charge in [-0.05, 0) is 5.56 Å². The average molecular weight is 321 g/mol. The molecule has 1 unspecified atom stereocenters. The van der Waals surface area contributed by atoms with E-state index in [4.69, 9.17) is 4.42 Å². The lowest BCUT2D eigenvalue weighted by molar-refractivity contribution is -0.113. The van der Waals surface area contributed by atoms with Crippen LogP contribution in [0, 0.1) is 0 Å². The van der Waals surface area contributed by atoms with Crippen LogP contribution in [-0.4, -0.2) is 32.7 Å². The fourth-order valence-electron chi connectivity index (χ4n) is 1.71. The summed E-state index contributed by atoms with van der Waals surface area (Å²) < 4.78 is 5.30. The molecule has 1 amide bonds. The number of hydrogen-bond donors (Lipinski definition) is 2. The number of aromatic nitrogens is 2. The lowest BCUT2D eigenvalue weighted by Crippen LogP contribution is -2.15. The Labute approximate surface area is 133 Å². The van der Waals surface area contributed by atoms with Crippen molar-refractivity contribution in [1.82, 2.24) is 10.2 Å². The number of amides is 1. The standard InChI is InChI=1S/C15H19N3O3S/c1-10(2)14-17-18-15(21-14)16-13(20)9-22-8-12(19)11-6-4-3-5-7-11/h3-7,10,12,19H,8-9H2,1-2H3,(H,16,18,20). The maximum Gasteiger partial charge on any atom is 0.322 e. The van der Waals surface area contributed by atoms with Crippen LogP contribution in [0.1, 0.15) is 37.3 Å². The van der Waals surface area contributed by atoms with Crippen molar-refractivity contribution in [3.05, 3.63) is 41.8 Å². The molecule has 0 saturated carbocycles. The van der Waals surface area contributed by atoms with Crippen molar-refractivity contribution in [1.29, 1.82) is 0 Å². The minimum atomic E-state index is -0.588. The van der Waals surface area contributed by atoms with E-state index >= 15 is 0 Å². The zero-order valence-corrected chi connectivity index (χ0v) is 13.3. The third-order valence-electron chi connectivity index (χ3n) is 2.87. The number of anilines is 1. The summed E-state index contributed by atoms with van der Waals surface area (Å²) in [5.41, 5.74) is 0.842. The normalized spacial score (nSPS) is 12.4. The number of aliphatic hydroxyl groups excluding tert-OH is 1. The molecule has 2 N–H and O–H groups in total. The number of thioether (sulfide) groups is 1. The summed E-state index contributed by atoms with van der Waals surface area (Å²) in [5.74, 6) is 1.03. The van der Waals surface area contributed by atoms with E-state index in [0.29, 0.717) is 11.6 Å². The van der Waals surface area contributed by atoms with Crippen molar-refractivity contribution < 1.29 is 14.3 Å². The van der Waals surface area contributed by atoms with Crippen LogP contribution in [-0.2, 0) is 4.79 Å². The van der Waals surface area contributed by atoms with Gasteiger partial charge in [0.1, 0.15) is 0 Å². The second-order valence-corrected chi connectivity index (χ2v) is 6.12. The number of nitrogens with zero attached hydrogens (tertiary/aromatic N) is 2. The van der Waals surface area contributed by atoms with E-state index in [1.54, 1.807) is 0 Å². The van der Waals surface area contributed by atoms with Gasteiger partial charge in [0.2, 0.25) is 11.8 Å². The molecule has 0 fully saturated rings. The maximum atomic E-state index is 11.8. The summed E-state index contributed by atoms with van der Waals surface area (Å²) in [4.78, 5) is 11.8. The molecule has 118 valence electrons. The van der Waals surface area contributed by atoms with Gasteiger partial charge in [-0.2, -0.15) is 0 Å². The van der Waals surface area contributed by atoms with E-state index in [9.17, 15) is 9.90 Å². The Morgan fingerprint density at radius 3 is 2.68 bits per heavy atom. The molecular formula is C15H19N3O3S. The van der Waals surface area contributed by atoms with E-state index in [2.05, 4.69) is 15.5 Å². The molecule has 22 heavy (non-hydrogen) atoms. The van der Waals surface area contributed by atoms with Crippen molar-refractivity contribution in [3.8, 4) is 0 Å². The Morgan fingerprint density at radius 2 is 2.05 bits per heavy atom. The van der Waals surface area contributed by atoms with Gasteiger partial charge >= 0.3 is 6.01 Å². The molecule has 0 bridgehead atoms. The summed E-state index contributed by atoms with van der Waals surface area (Å²) >= 11 is 1.34. The van der Waals surface area contributed by atoms with Crippen LogP contribution < -0.4 is 5.32 Å². The molecule has 2 aromatic rings. The maximum absolute atomic E-state index is 11.8. The Kier molecular flexibility index (Phi) is 5.97. The SMILES string of the molecule is CC(C)c1nnc(NC(=O)CSCC(O)c2ccccc2)o1. The molecule has 1 atom stereocenters. The average Bonchev–Trinajstić information content (AvgIpc) is 2.96. The number of aliphatic hydroxyl groups is 1. The second-order valence-electron chi connectivity index (χ2n) is 5.09. The van der Waals surface area contributed by atoms with Crippen LogP contribution in [0.15, 0.2) is 34.7 Å². The minimum absolute atomic E-state index is 0.109. The van der Waals surface area contributed by atoms with Gasteiger partial charge in [0, 0.05) is 11.7 Å². The highest BCUT2D eigenvalue weighted by molar-refractivity contribution is 7.99. The summed E-state index contributed by atoms with van der Waals surface area (Å²) in [7, 11) is 0. The fraction of sp³-hybridized carbons (Fsp3) is 0.400. The van der Waals surface area contributed by atoms with Gasteiger partial charge in [-0.3, -0.25) is 10.1 Å². The molecule has 6 nitrogen and oxygen atoms in total. The molecule has 0 aliphatic rings. The van der Waals surface area contributed by atoms with Gasteiger partial charge in [-0.15, -0.1) is 16.9 Å². The molecule has 7 heteroatoms. The highest BCUT2D eigenvalue weighted by atomic mass is 32.2. The molecule has 0 spiro atoms. The monoisotopic (exact) mass is 321 g/mol. The highest BCUT2D eigenvalue weighted by Crippen LogP contribution is 2.18. The first-order valence-electron chi connectivity index (χ1n) is 7.00. The van der Waals surface area contributed by atoms with Crippen LogP contribution in [0.5, 0.6) is 0 Å². The van der Waals surface area contributed by atoms with Gasteiger partial charge in [0.05, 0.1) is 11.9 Å². The first kappa shape index (κ1) is 16.5. The largest absolute Gasteiger partial charge is 0.408 e. The molecule has 1 heterocycles. The molecule has 1 aromatic heterocycles. The van der Waals surface area contributed by atoms with E-state index < -0.39 is 6.10 Å². The van der Waals surface area contributed by atoms with Gasteiger partial charge in [0.15, 0.2) is 0 Å². The lowest BCUT2D eigenvalue weighted by Gasteiger charge is -2.09. The molecule has 0 saturated heterocycles. The van der Waals surface area contributed by atoms with Crippen molar-refractivity contribution in [2.75, 3.05) is 16.8 Å². The number of hydrogen-bond acceptors (Lipinski definition) is 6. The predicted octanol–water partition coefficient (Wildman–Crippen LogP) is 2.60. The van der Waals surface area contributed by atoms with Crippen LogP contribution in [0.3, 0.4) is 0 Å². The first-order chi connectivity index (χ1) is 10.6. The van der Waals surface area contributed by atoms with Crippen molar-refractivity contribution in [2.24, 2.45) is 0 Å². The molecule has 0 aliphatic carbocycles. The molecule has 0 aliphatic heterocycles. The molecular weight excluding hydrogens is 302 g/mol. The van der Waals surface area contributed by atoms with Crippen molar-refractivity contribution in [3.63, 3.8) is 0 Å². The number of rotatable bonds is 7. The first-order valence-corrected chi connectivity index (χ1v) is 8.15. The predicted molar refractivity (Wildman–Crippen MR) is 85.7 cm³/mol. The van der Waals surface area contributed by atoms with E-state index in [0.717, 1.165) is 5.56 Å². The lowest BCUT2D eigenvalue weighted by atomic mass is 10.1. The number of carbonyl (C=O) groups excluding carboxylic acids is 1. The van der Waals surface area contributed by atoms with Crippen LogP contribution in [0.2, 0.25) is 0 Å². The molecule has 1 aromatic carbocycles. The highest BCUT2D eigenvalue weighted by Gasteiger charge is 2.13. The Morgan fingerprint density at radius 1 is 1.32 bits per heavy atom. The molecule has 2 rings (SSSR count). The quantitative estimate of drug-likeness (QED) is 0.815. The topological polar surface area (TPSA) is 88.2 Å².